The lowest BCUT2D eigenvalue weighted by Gasteiger charge is -2.13. The van der Waals surface area contributed by atoms with Crippen LogP contribution >= 0.6 is 27.5 Å². The fraction of sp³-hybridized carbons (Fsp3) is 0.0769. The Balaban J connectivity index is 2.44. The van der Waals surface area contributed by atoms with Crippen LogP contribution in [0.25, 0.3) is 0 Å². The molecular formula is C13H8BrClF2O. The maximum absolute atomic E-state index is 13.5. The molecule has 2 rings (SSSR count). The van der Waals surface area contributed by atoms with Crippen LogP contribution in [0.4, 0.5) is 8.78 Å². The van der Waals surface area contributed by atoms with Crippen LogP contribution in [0.15, 0.2) is 40.9 Å². The van der Waals surface area contributed by atoms with Crippen LogP contribution < -0.4 is 0 Å². The SMILES string of the molecule is OC(c1ccc(Cl)c(Br)c1)c1cc(F)ccc1F. The molecule has 0 spiro atoms. The van der Waals surface area contributed by atoms with Gasteiger partial charge in [0.2, 0.25) is 0 Å². The highest BCUT2D eigenvalue weighted by atomic mass is 79.9. The fourth-order valence-electron chi connectivity index (χ4n) is 1.59. The summed E-state index contributed by atoms with van der Waals surface area (Å²) in [5, 5.41) is 10.5. The number of aliphatic hydroxyl groups is 1. The zero-order valence-corrected chi connectivity index (χ0v) is 11.3. The van der Waals surface area contributed by atoms with Crippen molar-refractivity contribution in [2.24, 2.45) is 0 Å². The molecule has 0 radical (unpaired) electrons. The molecule has 2 aromatic carbocycles. The Labute approximate surface area is 116 Å². The molecule has 18 heavy (non-hydrogen) atoms. The Morgan fingerprint density at radius 3 is 2.50 bits per heavy atom. The van der Waals surface area contributed by atoms with Crippen molar-refractivity contribution in [2.75, 3.05) is 0 Å². The van der Waals surface area contributed by atoms with Crippen LogP contribution in [0.1, 0.15) is 17.2 Å². The molecule has 1 unspecified atom stereocenters. The van der Waals surface area contributed by atoms with E-state index in [9.17, 15) is 13.9 Å². The van der Waals surface area contributed by atoms with Crippen molar-refractivity contribution in [3.05, 3.63) is 68.7 Å². The Morgan fingerprint density at radius 1 is 1.11 bits per heavy atom. The van der Waals surface area contributed by atoms with Crippen LogP contribution in [-0.4, -0.2) is 5.11 Å². The third kappa shape index (κ3) is 2.71. The Kier molecular flexibility index (Phi) is 4.00. The van der Waals surface area contributed by atoms with Crippen molar-refractivity contribution >= 4 is 27.5 Å². The average Bonchev–Trinajstić information content (AvgIpc) is 2.35. The summed E-state index contributed by atoms with van der Waals surface area (Å²) in [6.07, 6.45) is -1.24. The minimum Gasteiger partial charge on any atom is -0.384 e. The number of hydrogen-bond donors (Lipinski definition) is 1. The highest BCUT2D eigenvalue weighted by Gasteiger charge is 2.16. The zero-order chi connectivity index (χ0) is 13.3. The molecule has 2 aromatic rings. The van der Waals surface area contributed by atoms with Crippen LogP contribution in [0, 0.1) is 11.6 Å². The Bertz CT molecular complexity index is 589. The van der Waals surface area contributed by atoms with Gasteiger partial charge in [0, 0.05) is 10.0 Å². The molecule has 94 valence electrons. The average molecular weight is 334 g/mol. The van der Waals surface area contributed by atoms with Gasteiger partial charge in [-0.25, -0.2) is 8.78 Å². The quantitative estimate of drug-likeness (QED) is 0.860. The van der Waals surface area contributed by atoms with Crippen molar-refractivity contribution in [3.63, 3.8) is 0 Å². The van der Waals surface area contributed by atoms with Gasteiger partial charge in [-0.1, -0.05) is 17.7 Å². The fourth-order valence-corrected chi connectivity index (χ4v) is 2.10. The van der Waals surface area contributed by atoms with Gasteiger partial charge in [0.25, 0.3) is 0 Å². The Morgan fingerprint density at radius 2 is 1.83 bits per heavy atom. The van der Waals surface area contributed by atoms with Crippen LogP contribution in [0.3, 0.4) is 0 Å². The molecular weight excluding hydrogens is 325 g/mol. The summed E-state index contributed by atoms with van der Waals surface area (Å²) in [6.45, 7) is 0. The van der Waals surface area contributed by atoms with Gasteiger partial charge in [-0.05, 0) is 51.8 Å². The van der Waals surface area contributed by atoms with Crippen LogP contribution in [0.2, 0.25) is 5.02 Å². The van der Waals surface area contributed by atoms with E-state index in [1.54, 1.807) is 18.2 Å². The highest BCUT2D eigenvalue weighted by Crippen LogP contribution is 2.30. The van der Waals surface area contributed by atoms with Crippen LogP contribution in [-0.2, 0) is 0 Å². The molecule has 0 heterocycles. The second-order valence-corrected chi connectivity index (χ2v) is 5.00. The molecule has 0 saturated heterocycles. The summed E-state index contributed by atoms with van der Waals surface area (Å²) in [5.41, 5.74) is 0.319. The number of rotatable bonds is 2. The second-order valence-electron chi connectivity index (χ2n) is 3.74. The first-order chi connectivity index (χ1) is 8.49. The predicted octanol–water partition coefficient (Wildman–Crippen LogP) is 4.46. The van der Waals surface area contributed by atoms with E-state index >= 15 is 0 Å². The molecule has 0 fully saturated rings. The largest absolute Gasteiger partial charge is 0.384 e. The van der Waals surface area contributed by atoms with Crippen molar-refractivity contribution in [1.82, 2.24) is 0 Å². The smallest absolute Gasteiger partial charge is 0.129 e. The lowest BCUT2D eigenvalue weighted by molar-refractivity contribution is 0.214. The molecule has 0 amide bonds. The van der Waals surface area contributed by atoms with Gasteiger partial charge in [-0.2, -0.15) is 0 Å². The molecule has 0 aromatic heterocycles. The summed E-state index contributed by atoms with van der Waals surface area (Å²) < 4.78 is 27.2. The zero-order valence-electron chi connectivity index (χ0n) is 9.00. The first kappa shape index (κ1) is 13.5. The minimum atomic E-state index is -1.24. The minimum absolute atomic E-state index is 0.107. The topological polar surface area (TPSA) is 20.2 Å². The highest BCUT2D eigenvalue weighted by molar-refractivity contribution is 9.10. The summed E-state index contributed by atoms with van der Waals surface area (Å²) in [7, 11) is 0. The standard InChI is InChI=1S/C13H8BrClF2O/c14-10-5-7(1-3-11(10)15)13(18)9-6-8(16)2-4-12(9)17/h1-6,13,18H. The lowest BCUT2D eigenvalue weighted by Crippen LogP contribution is -2.03. The first-order valence-corrected chi connectivity index (χ1v) is 6.24. The molecule has 1 atom stereocenters. The summed E-state index contributed by atoms with van der Waals surface area (Å²) in [4.78, 5) is 0. The molecule has 5 heteroatoms. The third-order valence-corrected chi connectivity index (χ3v) is 3.73. The summed E-state index contributed by atoms with van der Waals surface area (Å²) in [6, 6.07) is 7.66. The van der Waals surface area contributed by atoms with E-state index in [-0.39, 0.29) is 5.56 Å². The molecule has 0 aliphatic carbocycles. The normalized spacial score (nSPS) is 12.5. The van der Waals surface area contributed by atoms with Crippen molar-refractivity contribution in [1.29, 1.82) is 0 Å². The van der Waals surface area contributed by atoms with E-state index in [0.29, 0.717) is 15.1 Å². The van der Waals surface area contributed by atoms with Crippen molar-refractivity contribution in [3.8, 4) is 0 Å². The van der Waals surface area contributed by atoms with Gasteiger partial charge in [0.1, 0.15) is 17.7 Å². The molecule has 1 nitrogen and oxygen atoms in total. The van der Waals surface area contributed by atoms with E-state index in [0.717, 1.165) is 18.2 Å². The van der Waals surface area contributed by atoms with E-state index in [1.165, 1.54) is 0 Å². The number of benzene rings is 2. The molecule has 0 bridgehead atoms. The maximum Gasteiger partial charge on any atom is 0.129 e. The van der Waals surface area contributed by atoms with Crippen LogP contribution in [0.5, 0.6) is 0 Å². The Hall–Kier alpha value is -0.970. The lowest BCUT2D eigenvalue weighted by atomic mass is 10.0. The van der Waals surface area contributed by atoms with Gasteiger partial charge >= 0.3 is 0 Å². The van der Waals surface area contributed by atoms with E-state index in [4.69, 9.17) is 11.6 Å². The number of aliphatic hydroxyl groups excluding tert-OH is 1. The van der Waals surface area contributed by atoms with Gasteiger partial charge in [0.05, 0.1) is 5.02 Å². The van der Waals surface area contributed by atoms with E-state index < -0.39 is 17.7 Å². The van der Waals surface area contributed by atoms with Gasteiger partial charge in [0.15, 0.2) is 0 Å². The molecule has 0 aliphatic rings. The third-order valence-electron chi connectivity index (χ3n) is 2.51. The van der Waals surface area contributed by atoms with Gasteiger partial charge < -0.3 is 5.11 Å². The van der Waals surface area contributed by atoms with E-state index in [1.807, 2.05) is 0 Å². The van der Waals surface area contributed by atoms with E-state index in [2.05, 4.69) is 15.9 Å². The second kappa shape index (κ2) is 5.34. The number of hydrogen-bond acceptors (Lipinski definition) is 1. The summed E-state index contributed by atoms with van der Waals surface area (Å²) in [5.74, 6) is -1.26. The van der Waals surface area contributed by atoms with Crippen molar-refractivity contribution in [2.45, 2.75) is 6.10 Å². The first-order valence-electron chi connectivity index (χ1n) is 5.07. The maximum atomic E-state index is 13.5. The monoisotopic (exact) mass is 332 g/mol. The molecule has 0 saturated carbocycles. The predicted molar refractivity (Wildman–Crippen MR) is 69.6 cm³/mol. The molecule has 1 N–H and O–H groups in total. The van der Waals surface area contributed by atoms with Gasteiger partial charge in [-0.15, -0.1) is 0 Å². The van der Waals surface area contributed by atoms with Crippen molar-refractivity contribution < 1.29 is 13.9 Å². The molecule has 0 aliphatic heterocycles. The van der Waals surface area contributed by atoms with Gasteiger partial charge in [-0.3, -0.25) is 0 Å². The number of halogens is 4. The summed E-state index contributed by atoms with van der Waals surface area (Å²) >= 11 is 9.03.